The van der Waals surface area contributed by atoms with Crippen LogP contribution in [0.15, 0.2) is 47.4 Å². The smallest absolute Gasteiger partial charge is 0.247 e. The van der Waals surface area contributed by atoms with E-state index in [9.17, 15) is 26.0 Å². The Balaban J connectivity index is 1.90. The van der Waals surface area contributed by atoms with E-state index in [0.29, 0.717) is 17.7 Å². The van der Waals surface area contributed by atoms with Crippen LogP contribution in [0, 0.1) is 5.82 Å². The highest BCUT2D eigenvalue weighted by molar-refractivity contribution is 7.92. The fourth-order valence-corrected chi connectivity index (χ4v) is 5.05. The Bertz CT molecular complexity index is 1200. The molecule has 1 aliphatic heterocycles. The lowest BCUT2D eigenvalue weighted by Gasteiger charge is -2.25. The summed E-state index contributed by atoms with van der Waals surface area (Å²) >= 11 is 0. The lowest BCUT2D eigenvalue weighted by molar-refractivity contribution is -0.117. The minimum atomic E-state index is -3.92. The normalized spacial score (nSPS) is 14.1. The number of anilines is 2. The highest BCUT2D eigenvalue weighted by Gasteiger charge is 2.31. The molecule has 0 aromatic heterocycles. The van der Waals surface area contributed by atoms with Gasteiger partial charge in [0.25, 0.3) is 0 Å². The van der Waals surface area contributed by atoms with Gasteiger partial charge in [-0.25, -0.2) is 25.5 Å². The second-order valence-electron chi connectivity index (χ2n) is 7.09. The topological polar surface area (TPSA) is 95.1 Å². The maximum Gasteiger partial charge on any atom is 0.247 e. The van der Waals surface area contributed by atoms with Crippen molar-refractivity contribution in [3.05, 3.63) is 53.8 Å². The molecule has 30 heavy (non-hydrogen) atoms. The number of carbonyl (C=O) groups excluding carboxylic acids is 1. The van der Waals surface area contributed by atoms with Crippen LogP contribution in [0.4, 0.5) is 15.8 Å². The standard InChI is InChI=1S/C19H22FN3O5S2/c1-21(2)30(27,28)15-8-9-17-14(12-15)10-11-22(17)19(24)13-23(29(3,25)26)18-7-5-4-6-16(18)20/h4-9,12H,10-11,13H2,1-3H3. The molecule has 11 heteroatoms. The molecule has 2 aromatic carbocycles. The van der Waals surface area contributed by atoms with Crippen molar-refractivity contribution in [3.63, 3.8) is 0 Å². The number of amides is 1. The van der Waals surface area contributed by atoms with Crippen molar-refractivity contribution in [3.8, 4) is 0 Å². The van der Waals surface area contributed by atoms with Gasteiger partial charge in [-0.1, -0.05) is 12.1 Å². The molecule has 0 N–H and O–H groups in total. The number of halogens is 1. The Morgan fingerprint density at radius 2 is 1.77 bits per heavy atom. The van der Waals surface area contributed by atoms with Gasteiger partial charge in [0.15, 0.2) is 0 Å². The molecule has 0 saturated heterocycles. The van der Waals surface area contributed by atoms with Crippen molar-refractivity contribution in [1.29, 1.82) is 0 Å². The van der Waals surface area contributed by atoms with Gasteiger partial charge in [-0.2, -0.15) is 0 Å². The molecular formula is C19H22FN3O5S2. The van der Waals surface area contributed by atoms with Gasteiger partial charge in [0.2, 0.25) is 26.0 Å². The molecule has 3 rings (SSSR count). The number of sulfonamides is 2. The summed E-state index contributed by atoms with van der Waals surface area (Å²) in [6.45, 7) is -0.300. The van der Waals surface area contributed by atoms with Crippen molar-refractivity contribution in [2.24, 2.45) is 0 Å². The summed E-state index contributed by atoms with van der Waals surface area (Å²) in [4.78, 5) is 14.4. The lowest BCUT2D eigenvalue weighted by atomic mass is 10.2. The minimum absolute atomic E-state index is 0.115. The Labute approximate surface area is 175 Å². The first-order chi connectivity index (χ1) is 13.9. The monoisotopic (exact) mass is 455 g/mol. The summed E-state index contributed by atoms with van der Waals surface area (Å²) in [6.07, 6.45) is 1.33. The quantitative estimate of drug-likeness (QED) is 0.657. The number of rotatable bonds is 6. The maximum absolute atomic E-state index is 14.2. The largest absolute Gasteiger partial charge is 0.310 e. The molecular weight excluding hydrogens is 433 g/mol. The predicted molar refractivity (Wildman–Crippen MR) is 112 cm³/mol. The highest BCUT2D eigenvalue weighted by atomic mass is 32.2. The van der Waals surface area contributed by atoms with Gasteiger partial charge in [-0.3, -0.25) is 9.10 Å². The van der Waals surface area contributed by atoms with E-state index in [2.05, 4.69) is 0 Å². The van der Waals surface area contributed by atoms with Crippen LogP contribution in [0.1, 0.15) is 5.56 Å². The summed E-state index contributed by atoms with van der Waals surface area (Å²) in [5, 5.41) is 0. The van der Waals surface area contributed by atoms with Gasteiger partial charge in [0.1, 0.15) is 12.4 Å². The molecule has 2 aromatic rings. The molecule has 0 radical (unpaired) electrons. The summed E-state index contributed by atoms with van der Waals surface area (Å²) < 4.78 is 65.1. The fraction of sp³-hybridized carbons (Fsp3) is 0.316. The molecule has 1 aliphatic rings. The second-order valence-corrected chi connectivity index (χ2v) is 11.2. The van der Waals surface area contributed by atoms with E-state index in [1.807, 2.05) is 0 Å². The third-order valence-electron chi connectivity index (χ3n) is 4.83. The number of hydrogen-bond donors (Lipinski definition) is 0. The Morgan fingerprint density at radius 3 is 2.37 bits per heavy atom. The molecule has 0 spiro atoms. The average molecular weight is 456 g/mol. The van der Waals surface area contributed by atoms with Crippen LogP contribution in [-0.4, -0.2) is 60.5 Å². The lowest BCUT2D eigenvalue weighted by Crippen LogP contribution is -2.42. The Morgan fingerprint density at radius 1 is 1.10 bits per heavy atom. The molecule has 0 bridgehead atoms. The number of hydrogen-bond acceptors (Lipinski definition) is 5. The second kappa shape index (κ2) is 7.97. The van der Waals surface area contributed by atoms with Crippen molar-refractivity contribution < 1.29 is 26.0 Å². The van der Waals surface area contributed by atoms with Crippen LogP contribution >= 0.6 is 0 Å². The van der Waals surface area contributed by atoms with Crippen LogP contribution in [0.25, 0.3) is 0 Å². The number of fused-ring (bicyclic) bond motifs is 1. The summed E-state index contributed by atoms with van der Waals surface area (Å²) in [5.41, 5.74) is 0.975. The highest BCUT2D eigenvalue weighted by Crippen LogP contribution is 2.31. The van der Waals surface area contributed by atoms with E-state index in [0.717, 1.165) is 20.9 Å². The van der Waals surface area contributed by atoms with E-state index < -0.39 is 38.3 Å². The minimum Gasteiger partial charge on any atom is -0.310 e. The number of benzene rings is 2. The average Bonchev–Trinajstić information content (AvgIpc) is 3.09. The van der Waals surface area contributed by atoms with Gasteiger partial charge in [-0.15, -0.1) is 0 Å². The van der Waals surface area contributed by atoms with E-state index in [1.165, 1.54) is 55.4 Å². The van der Waals surface area contributed by atoms with Crippen molar-refractivity contribution in [1.82, 2.24) is 4.31 Å². The van der Waals surface area contributed by atoms with Crippen LogP contribution < -0.4 is 9.21 Å². The third-order valence-corrected chi connectivity index (χ3v) is 7.76. The van der Waals surface area contributed by atoms with Gasteiger partial charge in [-0.05, 0) is 42.3 Å². The summed E-state index contributed by atoms with van der Waals surface area (Å²) in [5.74, 6) is -1.29. The zero-order chi connectivity index (χ0) is 22.3. The van der Waals surface area contributed by atoms with Crippen molar-refractivity contribution in [2.45, 2.75) is 11.3 Å². The van der Waals surface area contributed by atoms with Crippen molar-refractivity contribution in [2.75, 3.05) is 42.6 Å². The molecule has 162 valence electrons. The first-order valence-electron chi connectivity index (χ1n) is 9.01. The van der Waals surface area contributed by atoms with Gasteiger partial charge < -0.3 is 4.90 Å². The molecule has 1 heterocycles. The molecule has 0 unspecified atom stereocenters. The van der Waals surface area contributed by atoms with E-state index in [4.69, 9.17) is 0 Å². The summed E-state index contributed by atoms with van der Waals surface area (Å²) in [7, 11) is -4.67. The Kier molecular flexibility index (Phi) is 5.89. The van der Waals surface area contributed by atoms with Crippen LogP contribution in [0.3, 0.4) is 0 Å². The van der Waals surface area contributed by atoms with Crippen molar-refractivity contribution >= 4 is 37.3 Å². The molecule has 8 nitrogen and oxygen atoms in total. The van der Waals surface area contributed by atoms with E-state index >= 15 is 0 Å². The zero-order valence-corrected chi connectivity index (χ0v) is 18.4. The molecule has 0 atom stereocenters. The number of para-hydroxylation sites is 1. The molecule has 0 aliphatic carbocycles. The molecule has 0 saturated carbocycles. The van der Waals surface area contributed by atoms with Crippen LogP contribution in [0.5, 0.6) is 0 Å². The first kappa shape index (κ1) is 22.2. The predicted octanol–water partition coefficient (Wildman–Crippen LogP) is 1.43. The number of carbonyl (C=O) groups is 1. The third kappa shape index (κ3) is 4.18. The van der Waals surface area contributed by atoms with E-state index in [1.54, 1.807) is 0 Å². The fourth-order valence-electron chi connectivity index (χ4n) is 3.25. The van der Waals surface area contributed by atoms with Gasteiger partial charge >= 0.3 is 0 Å². The van der Waals surface area contributed by atoms with E-state index in [-0.39, 0.29) is 17.1 Å². The molecule has 0 fully saturated rings. The maximum atomic E-state index is 14.2. The van der Waals surface area contributed by atoms with Gasteiger partial charge in [0, 0.05) is 26.3 Å². The summed E-state index contributed by atoms with van der Waals surface area (Å²) in [6, 6.07) is 9.78. The molecule has 1 amide bonds. The number of nitrogens with zero attached hydrogens (tertiary/aromatic N) is 3. The SMILES string of the molecule is CN(C)S(=O)(=O)c1ccc2c(c1)CCN2C(=O)CN(c1ccccc1F)S(C)(=O)=O. The zero-order valence-electron chi connectivity index (χ0n) is 16.7. The van der Waals surface area contributed by atoms with Crippen LogP contribution in [-0.2, 0) is 31.3 Å². The first-order valence-corrected chi connectivity index (χ1v) is 12.3. The Hall–Kier alpha value is -2.50. The van der Waals surface area contributed by atoms with Gasteiger partial charge in [0.05, 0.1) is 16.8 Å². The van der Waals surface area contributed by atoms with Crippen LogP contribution in [0.2, 0.25) is 0 Å².